The first kappa shape index (κ1) is 71.1. The minimum Gasteiger partial charge on any atom is -0.462 e. The van der Waals surface area contributed by atoms with Gasteiger partial charge in [-0.25, -0.2) is 0 Å². The zero-order valence-corrected chi connectivity index (χ0v) is 49.4. The van der Waals surface area contributed by atoms with Gasteiger partial charge >= 0.3 is 17.9 Å². The second-order valence-corrected chi connectivity index (χ2v) is 21.7. The van der Waals surface area contributed by atoms with Crippen molar-refractivity contribution in [1.82, 2.24) is 0 Å². The van der Waals surface area contributed by atoms with Gasteiger partial charge in [0.2, 0.25) is 0 Å². The third-order valence-electron chi connectivity index (χ3n) is 14.2. The number of carbonyl (C=O) groups excluding carboxylic acids is 3. The molecule has 0 rings (SSSR count). The third-order valence-corrected chi connectivity index (χ3v) is 14.2. The van der Waals surface area contributed by atoms with E-state index in [9.17, 15) is 14.4 Å². The molecule has 0 saturated heterocycles. The number of carbonyl (C=O) groups is 3. The van der Waals surface area contributed by atoms with Crippen molar-refractivity contribution in [3.05, 3.63) is 60.8 Å². The van der Waals surface area contributed by atoms with Gasteiger partial charge in [-0.05, 0) is 83.5 Å². The molecule has 0 N–H and O–H groups in total. The Morgan fingerprint density at radius 2 is 0.514 bits per heavy atom. The van der Waals surface area contributed by atoms with Gasteiger partial charge in [0.1, 0.15) is 13.2 Å². The lowest BCUT2D eigenvalue weighted by Gasteiger charge is -2.18. The first-order chi connectivity index (χ1) is 36.5. The zero-order chi connectivity index (χ0) is 53.6. The fourth-order valence-electron chi connectivity index (χ4n) is 9.37. The van der Waals surface area contributed by atoms with Crippen molar-refractivity contribution in [1.29, 1.82) is 0 Å². The number of hydrogen-bond donors (Lipinski definition) is 0. The molecule has 0 bridgehead atoms. The minimum absolute atomic E-state index is 0.0757. The maximum atomic E-state index is 12.8. The number of esters is 3. The molecular formula is C68H122O6. The van der Waals surface area contributed by atoms with Crippen molar-refractivity contribution in [2.24, 2.45) is 0 Å². The molecule has 0 heterocycles. The van der Waals surface area contributed by atoms with Crippen LogP contribution in [0.25, 0.3) is 0 Å². The average molecular weight is 1040 g/mol. The molecule has 6 heteroatoms. The summed E-state index contributed by atoms with van der Waals surface area (Å²) in [4.78, 5) is 38.1. The maximum Gasteiger partial charge on any atom is 0.306 e. The summed E-state index contributed by atoms with van der Waals surface area (Å²) < 4.78 is 16.8. The molecule has 0 radical (unpaired) electrons. The lowest BCUT2D eigenvalue weighted by atomic mass is 10.0. The van der Waals surface area contributed by atoms with Gasteiger partial charge in [0, 0.05) is 19.3 Å². The summed E-state index contributed by atoms with van der Waals surface area (Å²) in [5, 5.41) is 0. The molecule has 6 nitrogen and oxygen atoms in total. The van der Waals surface area contributed by atoms with Crippen molar-refractivity contribution in [3.8, 4) is 0 Å². The SMILES string of the molecule is CCC/C=C\C/C=C\CCCCCCCC(=O)OC(COC(=O)CCCCCCCCCCCC)COC(=O)CCCCCCCCCCCCCCCCCCCC/C=C\C/C=C\C/C=C\CCCCCCC. The second-order valence-electron chi connectivity index (χ2n) is 21.7. The van der Waals surface area contributed by atoms with Gasteiger partial charge in [0.05, 0.1) is 0 Å². The predicted octanol–water partition coefficient (Wildman–Crippen LogP) is 21.9. The standard InChI is InChI=1S/C68H122O6/c1-4-7-10-13-16-19-22-24-25-26-27-28-29-30-31-32-33-34-35-36-37-38-39-40-41-42-43-45-46-49-52-55-58-61-67(70)73-64-65(63-72-66(69)60-57-54-51-48-21-18-15-12-9-6-3)74-68(71)62-59-56-53-50-47-44-23-20-17-14-11-8-5-2/h11,14,20,22-24,26-27,29-30,65H,4-10,12-13,15-19,21,25,28,31-64H2,1-3H3/b14-11-,23-20-,24-22-,27-26-,30-29-. The van der Waals surface area contributed by atoms with Gasteiger partial charge in [0.15, 0.2) is 6.10 Å². The lowest BCUT2D eigenvalue weighted by Crippen LogP contribution is -2.30. The van der Waals surface area contributed by atoms with E-state index in [2.05, 4.69) is 81.5 Å². The fourth-order valence-corrected chi connectivity index (χ4v) is 9.37. The summed E-state index contributed by atoms with van der Waals surface area (Å²) in [5.74, 6) is -0.877. The Morgan fingerprint density at radius 1 is 0.270 bits per heavy atom. The van der Waals surface area contributed by atoms with Gasteiger partial charge < -0.3 is 14.2 Å². The molecule has 0 aromatic heterocycles. The third kappa shape index (κ3) is 60.0. The lowest BCUT2D eigenvalue weighted by molar-refractivity contribution is -0.167. The Labute approximate surface area is 460 Å². The van der Waals surface area contributed by atoms with Gasteiger partial charge in [-0.2, -0.15) is 0 Å². The molecule has 430 valence electrons. The Kier molecular flexibility index (Phi) is 60.2. The Bertz CT molecular complexity index is 1330. The molecule has 0 saturated carbocycles. The van der Waals surface area contributed by atoms with Crippen LogP contribution >= 0.6 is 0 Å². The smallest absolute Gasteiger partial charge is 0.306 e. The molecule has 0 fully saturated rings. The van der Waals surface area contributed by atoms with Crippen LogP contribution in [0.3, 0.4) is 0 Å². The summed E-state index contributed by atoms with van der Waals surface area (Å²) in [6.07, 6.45) is 79.7. The summed E-state index contributed by atoms with van der Waals surface area (Å²) in [6, 6.07) is 0. The molecule has 1 atom stereocenters. The van der Waals surface area contributed by atoms with Crippen molar-refractivity contribution in [2.45, 2.75) is 341 Å². The van der Waals surface area contributed by atoms with Crippen LogP contribution in [-0.4, -0.2) is 37.2 Å². The van der Waals surface area contributed by atoms with Crippen molar-refractivity contribution < 1.29 is 28.6 Å². The predicted molar refractivity (Wildman–Crippen MR) is 321 cm³/mol. The maximum absolute atomic E-state index is 12.8. The van der Waals surface area contributed by atoms with E-state index >= 15 is 0 Å². The van der Waals surface area contributed by atoms with Crippen LogP contribution in [0, 0.1) is 0 Å². The molecule has 0 aliphatic carbocycles. The van der Waals surface area contributed by atoms with E-state index in [4.69, 9.17) is 14.2 Å². The van der Waals surface area contributed by atoms with Gasteiger partial charge in [-0.3, -0.25) is 14.4 Å². The van der Waals surface area contributed by atoms with E-state index in [-0.39, 0.29) is 31.1 Å². The molecule has 74 heavy (non-hydrogen) atoms. The van der Waals surface area contributed by atoms with E-state index < -0.39 is 6.10 Å². The van der Waals surface area contributed by atoms with E-state index in [1.165, 1.54) is 193 Å². The monoisotopic (exact) mass is 1030 g/mol. The molecule has 0 aromatic rings. The van der Waals surface area contributed by atoms with Crippen LogP contribution in [0.1, 0.15) is 335 Å². The Balaban J connectivity index is 4.04. The molecule has 0 aliphatic rings. The molecule has 0 aliphatic heterocycles. The first-order valence-corrected chi connectivity index (χ1v) is 32.3. The summed E-state index contributed by atoms with van der Waals surface area (Å²) in [6.45, 7) is 6.57. The summed E-state index contributed by atoms with van der Waals surface area (Å²) in [5.41, 5.74) is 0. The number of unbranched alkanes of at least 4 members (excludes halogenated alkanes) is 38. The highest BCUT2D eigenvalue weighted by Crippen LogP contribution is 2.17. The quantitative estimate of drug-likeness (QED) is 0.0261. The molecule has 0 spiro atoms. The number of allylic oxidation sites excluding steroid dienone is 10. The normalized spacial score (nSPS) is 12.4. The number of ether oxygens (including phenoxy) is 3. The summed E-state index contributed by atoms with van der Waals surface area (Å²) >= 11 is 0. The van der Waals surface area contributed by atoms with Crippen LogP contribution in [0.15, 0.2) is 60.8 Å². The van der Waals surface area contributed by atoms with Crippen molar-refractivity contribution >= 4 is 17.9 Å². The molecule has 1 unspecified atom stereocenters. The van der Waals surface area contributed by atoms with Crippen LogP contribution in [0.4, 0.5) is 0 Å². The molecule has 0 aromatic carbocycles. The van der Waals surface area contributed by atoms with E-state index in [0.29, 0.717) is 19.3 Å². The molecule has 0 amide bonds. The average Bonchev–Trinajstić information content (AvgIpc) is 3.40. The largest absolute Gasteiger partial charge is 0.462 e. The minimum atomic E-state index is -0.777. The fraction of sp³-hybridized carbons (Fsp3) is 0.809. The van der Waals surface area contributed by atoms with Crippen LogP contribution in [0.2, 0.25) is 0 Å². The van der Waals surface area contributed by atoms with Gasteiger partial charge in [-0.1, -0.05) is 293 Å². The van der Waals surface area contributed by atoms with E-state index in [1.54, 1.807) is 0 Å². The topological polar surface area (TPSA) is 78.9 Å². The highest BCUT2D eigenvalue weighted by Gasteiger charge is 2.19. The van der Waals surface area contributed by atoms with Gasteiger partial charge in [-0.15, -0.1) is 0 Å². The Hall–Kier alpha value is -2.89. The van der Waals surface area contributed by atoms with Crippen LogP contribution < -0.4 is 0 Å². The number of rotatable bonds is 59. The van der Waals surface area contributed by atoms with Crippen LogP contribution in [0.5, 0.6) is 0 Å². The van der Waals surface area contributed by atoms with Gasteiger partial charge in [0.25, 0.3) is 0 Å². The highest BCUT2D eigenvalue weighted by molar-refractivity contribution is 5.71. The van der Waals surface area contributed by atoms with Crippen LogP contribution in [-0.2, 0) is 28.6 Å². The van der Waals surface area contributed by atoms with E-state index in [1.807, 2.05) is 0 Å². The Morgan fingerprint density at radius 3 is 0.811 bits per heavy atom. The second kappa shape index (κ2) is 62.6. The zero-order valence-electron chi connectivity index (χ0n) is 49.4. The van der Waals surface area contributed by atoms with E-state index in [0.717, 1.165) is 103 Å². The number of hydrogen-bond acceptors (Lipinski definition) is 6. The molecular weight excluding hydrogens is 913 g/mol. The van der Waals surface area contributed by atoms with Crippen molar-refractivity contribution in [3.63, 3.8) is 0 Å². The summed E-state index contributed by atoms with van der Waals surface area (Å²) in [7, 11) is 0. The van der Waals surface area contributed by atoms with Crippen molar-refractivity contribution in [2.75, 3.05) is 13.2 Å². The highest BCUT2D eigenvalue weighted by atomic mass is 16.6. The first-order valence-electron chi connectivity index (χ1n) is 32.3.